The highest BCUT2D eigenvalue weighted by Crippen LogP contribution is 2.30. The third-order valence-electron chi connectivity index (χ3n) is 4.33. The zero-order valence-electron chi connectivity index (χ0n) is 13.7. The van der Waals surface area contributed by atoms with E-state index in [1.807, 2.05) is 25.5 Å². The number of nitrogens with one attached hydrogen (secondary N) is 1. The third-order valence-corrected chi connectivity index (χ3v) is 4.33. The minimum absolute atomic E-state index is 0.107. The van der Waals surface area contributed by atoms with E-state index < -0.39 is 0 Å². The Kier molecular flexibility index (Phi) is 3.48. The standard InChI is InChI=1S/C17H19N5O2/c1-21-9-13(7-19-21)12-5-15(24-2)16-14(8-20-22(16)10-12)17(23)18-6-11-3-4-11/h5,7-11H,3-4,6H2,1-2H3,(H,18,23). The van der Waals surface area contributed by atoms with Crippen molar-refractivity contribution >= 4 is 11.4 Å². The molecule has 1 fully saturated rings. The molecule has 0 unspecified atom stereocenters. The van der Waals surface area contributed by atoms with Crippen molar-refractivity contribution in [3.05, 3.63) is 36.4 Å². The van der Waals surface area contributed by atoms with Crippen LogP contribution in [0.1, 0.15) is 23.2 Å². The summed E-state index contributed by atoms with van der Waals surface area (Å²) in [7, 11) is 3.47. The fourth-order valence-electron chi connectivity index (χ4n) is 2.79. The number of methoxy groups -OCH3 is 1. The molecule has 4 rings (SSSR count). The van der Waals surface area contributed by atoms with Gasteiger partial charge in [-0.3, -0.25) is 9.48 Å². The average Bonchev–Trinajstić information content (AvgIpc) is 3.15. The van der Waals surface area contributed by atoms with Crippen molar-refractivity contribution in [2.45, 2.75) is 12.8 Å². The van der Waals surface area contributed by atoms with E-state index >= 15 is 0 Å². The van der Waals surface area contributed by atoms with Crippen LogP contribution in [0.25, 0.3) is 16.6 Å². The Labute approximate surface area is 139 Å². The first-order chi connectivity index (χ1) is 11.7. The van der Waals surface area contributed by atoms with Crippen molar-refractivity contribution in [1.29, 1.82) is 0 Å². The highest BCUT2D eigenvalue weighted by atomic mass is 16.5. The maximum absolute atomic E-state index is 12.4. The minimum Gasteiger partial charge on any atom is -0.494 e. The van der Waals surface area contributed by atoms with E-state index in [0.29, 0.717) is 22.7 Å². The summed E-state index contributed by atoms with van der Waals surface area (Å²) >= 11 is 0. The molecule has 0 atom stereocenters. The molecule has 24 heavy (non-hydrogen) atoms. The lowest BCUT2D eigenvalue weighted by Gasteiger charge is -2.08. The van der Waals surface area contributed by atoms with Crippen molar-refractivity contribution in [2.75, 3.05) is 13.7 Å². The molecule has 1 aliphatic rings. The number of ether oxygens (including phenoxy) is 1. The first kappa shape index (κ1) is 14.7. The smallest absolute Gasteiger partial charge is 0.255 e. The van der Waals surface area contributed by atoms with Crippen LogP contribution in [-0.4, -0.2) is 39.0 Å². The molecule has 1 saturated carbocycles. The quantitative estimate of drug-likeness (QED) is 0.777. The van der Waals surface area contributed by atoms with Gasteiger partial charge in [-0.05, 0) is 24.8 Å². The van der Waals surface area contributed by atoms with Crippen LogP contribution < -0.4 is 10.1 Å². The lowest BCUT2D eigenvalue weighted by molar-refractivity contribution is 0.0953. The number of fused-ring (bicyclic) bond motifs is 1. The fourth-order valence-corrected chi connectivity index (χ4v) is 2.79. The van der Waals surface area contributed by atoms with Gasteiger partial charge in [0.25, 0.3) is 5.91 Å². The summed E-state index contributed by atoms with van der Waals surface area (Å²) in [6.07, 6.45) is 9.58. The van der Waals surface area contributed by atoms with Gasteiger partial charge in [0.1, 0.15) is 11.3 Å². The lowest BCUT2D eigenvalue weighted by atomic mass is 10.1. The molecule has 3 aromatic heterocycles. The zero-order valence-corrected chi connectivity index (χ0v) is 13.7. The molecule has 7 heteroatoms. The van der Waals surface area contributed by atoms with Gasteiger partial charge in [-0.25, -0.2) is 4.52 Å². The molecule has 124 valence electrons. The van der Waals surface area contributed by atoms with E-state index in [2.05, 4.69) is 15.5 Å². The number of carbonyl (C=O) groups is 1. The van der Waals surface area contributed by atoms with Gasteiger partial charge < -0.3 is 10.1 Å². The number of carbonyl (C=O) groups excluding carboxylic acids is 1. The van der Waals surface area contributed by atoms with Crippen molar-refractivity contribution in [2.24, 2.45) is 13.0 Å². The van der Waals surface area contributed by atoms with E-state index in [1.54, 1.807) is 28.7 Å². The van der Waals surface area contributed by atoms with Crippen LogP contribution in [-0.2, 0) is 7.05 Å². The topological polar surface area (TPSA) is 73.5 Å². The molecule has 0 radical (unpaired) electrons. The number of nitrogens with zero attached hydrogens (tertiary/aromatic N) is 4. The molecule has 7 nitrogen and oxygen atoms in total. The monoisotopic (exact) mass is 325 g/mol. The van der Waals surface area contributed by atoms with Crippen molar-refractivity contribution in [3.8, 4) is 16.9 Å². The van der Waals surface area contributed by atoms with Gasteiger partial charge in [0.2, 0.25) is 0 Å². The Hall–Kier alpha value is -2.83. The second-order valence-electron chi connectivity index (χ2n) is 6.20. The predicted molar refractivity (Wildman–Crippen MR) is 89.0 cm³/mol. The largest absolute Gasteiger partial charge is 0.494 e. The molecule has 0 spiro atoms. The minimum atomic E-state index is -0.107. The van der Waals surface area contributed by atoms with E-state index in [0.717, 1.165) is 17.7 Å². The maximum Gasteiger partial charge on any atom is 0.255 e. The number of hydrogen-bond acceptors (Lipinski definition) is 4. The third kappa shape index (κ3) is 2.62. The Morgan fingerprint density at radius 1 is 1.29 bits per heavy atom. The van der Waals surface area contributed by atoms with Gasteiger partial charge in [-0.2, -0.15) is 10.2 Å². The van der Waals surface area contributed by atoms with E-state index in [-0.39, 0.29) is 5.91 Å². The van der Waals surface area contributed by atoms with Gasteiger partial charge in [0.05, 0.1) is 25.1 Å². The molecule has 1 N–H and O–H groups in total. The molecule has 0 aliphatic heterocycles. The van der Waals surface area contributed by atoms with Crippen LogP contribution >= 0.6 is 0 Å². The number of hydrogen-bond donors (Lipinski definition) is 1. The summed E-state index contributed by atoms with van der Waals surface area (Å²) in [4.78, 5) is 12.4. The first-order valence-corrected chi connectivity index (χ1v) is 7.98. The van der Waals surface area contributed by atoms with Crippen LogP contribution in [0.5, 0.6) is 5.75 Å². The van der Waals surface area contributed by atoms with Gasteiger partial charge in [-0.15, -0.1) is 0 Å². The molecule has 0 aromatic carbocycles. The van der Waals surface area contributed by atoms with Crippen molar-refractivity contribution in [1.82, 2.24) is 24.7 Å². The molecule has 1 aliphatic carbocycles. The molecule has 3 aromatic rings. The Morgan fingerprint density at radius 2 is 2.12 bits per heavy atom. The highest BCUT2D eigenvalue weighted by molar-refractivity contribution is 6.02. The molecular weight excluding hydrogens is 306 g/mol. The lowest BCUT2D eigenvalue weighted by Crippen LogP contribution is -2.25. The van der Waals surface area contributed by atoms with Crippen molar-refractivity contribution in [3.63, 3.8) is 0 Å². The normalized spacial score (nSPS) is 14.1. The van der Waals surface area contributed by atoms with E-state index in [4.69, 9.17) is 4.74 Å². The maximum atomic E-state index is 12.4. The van der Waals surface area contributed by atoms with Crippen LogP contribution in [0.15, 0.2) is 30.9 Å². The number of rotatable bonds is 5. The first-order valence-electron chi connectivity index (χ1n) is 7.98. The molecule has 0 bridgehead atoms. The second kappa shape index (κ2) is 5.67. The highest BCUT2D eigenvalue weighted by Gasteiger charge is 2.23. The Balaban J connectivity index is 1.73. The van der Waals surface area contributed by atoms with Crippen LogP contribution in [0, 0.1) is 5.92 Å². The summed E-state index contributed by atoms with van der Waals surface area (Å²) < 4.78 is 8.95. The predicted octanol–water partition coefficient (Wildman–Crippen LogP) is 1.88. The average molecular weight is 325 g/mol. The van der Waals surface area contributed by atoms with Gasteiger partial charge in [0.15, 0.2) is 0 Å². The van der Waals surface area contributed by atoms with E-state index in [9.17, 15) is 4.79 Å². The summed E-state index contributed by atoms with van der Waals surface area (Å²) in [5, 5.41) is 11.5. The zero-order chi connectivity index (χ0) is 16.7. The van der Waals surface area contributed by atoms with Crippen LogP contribution in [0.3, 0.4) is 0 Å². The number of aryl methyl sites for hydroxylation is 1. The molecule has 1 amide bonds. The number of aromatic nitrogens is 4. The van der Waals surface area contributed by atoms with Gasteiger partial charge >= 0.3 is 0 Å². The summed E-state index contributed by atoms with van der Waals surface area (Å²) in [6, 6.07) is 1.91. The fraction of sp³-hybridized carbons (Fsp3) is 0.353. The van der Waals surface area contributed by atoms with Gasteiger partial charge in [-0.1, -0.05) is 0 Å². The van der Waals surface area contributed by atoms with E-state index in [1.165, 1.54) is 12.8 Å². The Morgan fingerprint density at radius 3 is 2.79 bits per heavy atom. The summed E-state index contributed by atoms with van der Waals surface area (Å²) in [5.74, 6) is 1.14. The summed E-state index contributed by atoms with van der Waals surface area (Å²) in [5.41, 5.74) is 3.11. The molecule has 3 heterocycles. The van der Waals surface area contributed by atoms with Gasteiger partial charge in [0, 0.05) is 37.1 Å². The van der Waals surface area contributed by atoms with Crippen molar-refractivity contribution < 1.29 is 9.53 Å². The molecular formula is C17H19N5O2. The summed E-state index contributed by atoms with van der Waals surface area (Å²) in [6.45, 7) is 0.728. The van der Waals surface area contributed by atoms with Crippen LogP contribution in [0.4, 0.5) is 0 Å². The van der Waals surface area contributed by atoms with Crippen LogP contribution in [0.2, 0.25) is 0 Å². The SMILES string of the molecule is COc1cc(-c2cnn(C)c2)cn2ncc(C(=O)NCC3CC3)c12. The Bertz CT molecular complexity index is 907. The second-order valence-corrected chi connectivity index (χ2v) is 6.20. The molecule has 0 saturated heterocycles. The number of amides is 1. The number of pyridine rings is 1.